The number of nitrogens with one attached hydrogen (secondary N) is 1. The quantitative estimate of drug-likeness (QED) is 0.430. The fourth-order valence-electron chi connectivity index (χ4n) is 2.90. The van der Waals surface area contributed by atoms with E-state index in [-0.39, 0.29) is 18.8 Å². The zero-order valence-corrected chi connectivity index (χ0v) is 17.9. The minimum absolute atomic E-state index is 0. The molecule has 2 N–H and O–H groups in total. The van der Waals surface area contributed by atoms with Gasteiger partial charge >= 0.3 is 5.97 Å². The van der Waals surface area contributed by atoms with Crippen molar-refractivity contribution in [2.45, 2.75) is 39.0 Å². The predicted molar refractivity (Wildman–Crippen MR) is 122 cm³/mol. The van der Waals surface area contributed by atoms with Crippen LogP contribution in [-0.4, -0.2) is 30.8 Å². The van der Waals surface area contributed by atoms with E-state index in [2.05, 4.69) is 60.8 Å². The Morgan fingerprint density at radius 1 is 1.03 bits per heavy atom. The van der Waals surface area contributed by atoms with E-state index in [4.69, 9.17) is 9.84 Å². The number of rotatable bonds is 13. The SMILES string of the molecule is C/C(=C/CNCCC(=O)O)c1ccc(OCCCCCc2ccccc2)cc1.Cl. The van der Waals surface area contributed by atoms with Gasteiger partial charge in [0.15, 0.2) is 0 Å². The molecule has 0 aromatic heterocycles. The lowest BCUT2D eigenvalue weighted by Crippen LogP contribution is -2.18. The predicted octanol–water partition coefficient (Wildman–Crippen LogP) is 5.37. The molecule has 0 aliphatic carbocycles. The maximum Gasteiger partial charge on any atom is 0.304 e. The minimum atomic E-state index is -0.778. The van der Waals surface area contributed by atoms with Gasteiger partial charge in [-0.2, -0.15) is 0 Å². The molecule has 0 heterocycles. The van der Waals surface area contributed by atoms with Crippen LogP contribution in [0.5, 0.6) is 5.75 Å². The molecule has 0 spiro atoms. The highest BCUT2D eigenvalue weighted by Crippen LogP contribution is 2.18. The first kappa shape index (κ1) is 24.7. The van der Waals surface area contributed by atoms with Gasteiger partial charge in [0, 0.05) is 13.1 Å². The number of aryl methyl sites for hydroxylation is 1. The Hall–Kier alpha value is -2.30. The third kappa shape index (κ3) is 10.7. The lowest BCUT2D eigenvalue weighted by molar-refractivity contribution is -0.136. The van der Waals surface area contributed by atoms with E-state index in [1.807, 2.05) is 12.1 Å². The number of ether oxygens (including phenoxy) is 1. The van der Waals surface area contributed by atoms with Crippen molar-refractivity contribution in [3.05, 3.63) is 71.8 Å². The number of carbonyl (C=O) groups is 1. The number of unbranched alkanes of at least 4 members (excludes halogenated alkanes) is 2. The van der Waals surface area contributed by atoms with E-state index in [0.29, 0.717) is 13.1 Å². The molecule has 2 rings (SSSR count). The fourth-order valence-corrected chi connectivity index (χ4v) is 2.90. The second-order valence-electron chi connectivity index (χ2n) is 6.90. The van der Waals surface area contributed by atoms with Crippen molar-refractivity contribution >= 4 is 23.9 Å². The van der Waals surface area contributed by atoms with Gasteiger partial charge in [0.1, 0.15) is 5.75 Å². The van der Waals surface area contributed by atoms with Crippen molar-refractivity contribution in [1.29, 1.82) is 0 Å². The lowest BCUT2D eigenvalue weighted by Gasteiger charge is -2.08. The molecule has 29 heavy (non-hydrogen) atoms. The Bertz CT molecular complexity index is 730. The molecule has 2 aromatic rings. The number of hydrogen-bond donors (Lipinski definition) is 2. The largest absolute Gasteiger partial charge is 0.494 e. The summed E-state index contributed by atoms with van der Waals surface area (Å²) in [5.41, 5.74) is 3.71. The van der Waals surface area contributed by atoms with Crippen LogP contribution >= 0.6 is 12.4 Å². The topological polar surface area (TPSA) is 58.6 Å². The fraction of sp³-hybridized carbons (Fsp3) is 0.375. The highest BCUT2D eigenvalue weighted by molar-refractivity contribution is 5.85. The Kier molecular flexibility index (Phi) is 12.5. The normalized spacial score (nSPS) is 11.0. The number of benzene rings is 2. The number of hydrogen-bond acceptors (Lipinski definition) is 3. The van der Waals surface area contributed by atoms with Crippen molar-refractivity contribution in [1.82, 2.24) is 5.32 Å². The molecule has 158 valence electrons. The summed E-state index contributed by atoms with van der Waals surface area (Å²) in [4.78, 5) is 10.5. The first-order chi connectivity index (χ1) is 13.6. The smallest absolute Gasteiger partial charge is 0.304 e. The van der Waals surface area contributed by atoms with E-state index < -0.39 is 5.97 Å². The molecular weight excluding hydrogens is 386 g/mol. The molecule has 0 amide bonds. The van der Waals surface area contributed by atoms with Gasteiger partial charge in [0.25, 0.3) is 0 Å². The highest BCUT2D eigenvalue weighted by Gasteiger charge is 1.99. The summed E-state index contributed by atoms with van der Waals surface area (Å²) >= 11 is 0. The van der Waals surface area contributed by atoms with Gasteiger partial charge in [0.05, 0.1) is 13.0 Å². The number of carboxylic acids is 1. The molecule has 2 aromatic carbocycles. The summed E-state index contributed by atoms with van der Waals surface area (Å²) in [7, 11) is 0. The molecule has 0 unspecified atom stereocenters. The second-order valence-corrected chi connectivity index (χ2v) is 6.90. The van der Waals surface area contributed by atoms with Crippen LogP contribution in [-0.2, 0) is 11.2 Å². The first-order valence-electron chi connectivity index (χ1n) is 10.0. The molecule has 0 radical (unpaired) electrons. The Labute approximate surface area is 180 Å². The molecule has 0 aliphatic rings. The van der Waals surface area contributed by atoms with E-state index in [9.17, 15) is 4.79 Å². The van der Waals surface area contributed by atoms with Crippen LogP contribution in [0, 0.1) is 0 Å². The van der Waals surface area contributed by atoms with E-state index in [1.165, 1.54) is 18.4 Å². The average Bonchev–Trinajstić information content (AvgIpc) is 2.71. The van der Waals surface area contributed by atoms with Crippen LogP contribution in [0.4, 0.5) is 0 Å². The number of aliphatic carboxylic acids is 1. The summed E-state index contributed by atoms with van der Waals surface area (Å²) in [6, 6.07) is 18.7. The van der Waals surface area contributed by atoms with Crippen molar-refractivity contribution < 1.29 is 14.6 Å². The van der Waals surface area contributed by atoms with Crippen LogP contribution in [0.2, 0.25) is 0 Å². The summed E-state index contributed by atoms with van der Waals surface area (Å²) < 4.78 is 5.84. The van der Waals surface area contributed by atoms with Crippen LogP contribution in [0.15, 0.2) is 60.7 Å². The molecule has 0 fully saturated rings. The van der Waals surface area contributed by atoms with E-state index in [0.717, 1.165) is 36.3 Å². The van der Waals surface area contributed by atoms with Crippen molar-refractivity contribution in [3.8, 4) is 5.75 Å². The maximum absolute atomic E-state index is 10.5. The first-order valence-corrected chi connectivity index (χ1v) is 10.0. The van der Waals surface area contributed by atoms with Gasteiger partial charge in [-0.3, -0.25) is 4.79 Å². The molecule has 0 saturated carbocycles. The third-order valence-corrected chi connectivity index (χ3v) is 4.60. The van der Waals surface area contributed by atoms with Crippen LogP contribution in [0.1, 0.15) is 43.7 Å². The van der Waals surface area contributed by atoms with Crippen molar-refractivity contribution in [2.75, 3.05) is 19.7 Å². The summed E-state index contributed by atoms with van der Waals surface area (Å²) in [5, 5.41) is 11.7. The highest BCUT2D eigenvalue weighted by atomic mass is 35.5. The van der Waals surface area contributed by atoms with Crippen molar-refractivity contribution in [3.63, 3.8) is 0 Å². The molecule has 0 saturated heterocycles. The zero-order valence-electron chi connectivity index (χ0n) is 17.1. The van der Waals surface area contributed by atoms with Crippen LogP contribution < -0.4 is 10.1 Å². The maximum atomic E-state index is 10.5. The van der Waals surface area contributed by atoms with Gasteiger partial charge in [0.2, 0.25) is 0 Å². The monoisotopic (exact) mass is 417 g/mol. The number of halogens is 1. The lowest BCUT2D eigenvalue weighted by atomic mass is 10.1. The molecular formula is C24H32ClNO3. The van der Waals surface area contributed by atoms with E-state index >= 15 is 0 Å². The summed E-state index contributed by atoms with van der Waals surface area (Å²) in [6.45, 7) is 3.95. The summed E-state index contributed by atoms with van der Waals surface area (Å²) in [6.07, 6.45) is 6.78. The number of carboxylic acid groups (broad SMARTS) is 1. The minimum Gasteiger partial charge on any atom is -0.494 e. The average molecular weight is 418 g/mol. The molecule has 5 heteroatoms. The van der Waals surface area contributed by atoms with Gasteiger partial charge < -0.3 is 15.2 Å². The Balaban J connectivity index is 0.00000420. The van der Waals surface area contributed by atoms with Gasteiger partial charge in [-0.05, 0) is 61.4 Å². The molecule has 4 nitrogen and oxygen atoms in total. The number of allylic oxidation sites excluding steroid dienone is 1. The Morgan fingerprint density at radius 2 is 1.76 bits per heavy atom. The Morgan fingerprint density at radius 3 is 2.45 bits per heavy atom. The molecule has 0 aliphatic heterocycles. The third-order valence-electron chi connectivity index (χ3n) is 4.60. The van der Waals surface area contributed by atoms with Gasteiger partial charge in [-0.1, -0.05) is 48.5 Å². The standard InChI is InChI=1S/C24H31NO3.ClH/c1-20(15-17-25-18-16-24(26)27)22-11-13-23(14-12-22)28-19-7-3-6-10-21-8-4-2-5-9-21;/h2,4-5,8-9,11-15,25H,3,6-7,10,16-19H2,1H3,(H,26,27);1H/b20-15-;. The van der Waals surface area contributed by atoms with Crippen molar-refractivity contribution in [2.24, 2.45) is 0 Å². The molecule has 0 bridgehead atoms. The van der Waals surface area contributed by atoms with Crippen LogP contribution in [0.25, 0.3) is 5.57 Å². The van der Waals surface area contributed by atoms with E-state index in [1.54, 1.807) is 0 Å². The zero-order chi connectivity index (χ0) is 20.0. The second kappa shape index (κ2) is 14.7. The van der Waals surface area contributed by atoms with Crippen LogP contribution in [0.3, 0.4) is 0 Å². The molecule has 0 atom stereocenters. The van der Waals surface area contributed by atoms with Gasteiger partial charge in [-0.25, -0.2) is 0 Å². The van der Waals surface area contributed by atoms with Gasteiger partial charge in [-0.15, -0.1) is 12.4 Å². The summed E-state index contributed by atoms with van der Waals surface area (Å²) in [5.74, 6) is 0.124.